The van der Waals surface area contributed by atoms with Gasteiger partial charge in [0.25, 0.3) is 5.91 Å². The number of carbonyl (C=O) groups is 1. The number of anilines is 1. The summed E-state index contributed by atoms with van der Waals surface area (Å²) in [4.78, 5) is 16.5. The maximum Gasteiger partial charge on any atom is 0.253 e. The van der Waals surface area contributed by atoms with Crippen molar-refractivity contribution in [1.82, 2.24) is 10.6 Å². The minimum absolute atomic E-state index is 0. The van der Waals surface area contributed by atoms with Gasteiger partial charge in [0.2, 0.25) is 0 Å². The lowest BCUT2D eigenvalue weighted by Gasteiger charge is -2.23. The number of benzene rings is 1. The Morgan fingerprint density at radius 1 is 1.34 bits per heavy atom. The number of nitrogens with one attached hydrogen (secondary N) is 3. The highest BCUT2D eigenvalue weighted by Crippen LogP contribution is 2.21. The van der Waals surface area contributed by atoms with Crippen molar-refractivity contribution in [2.45, 2.75) is 72.1 Å². The van der Waals surface area contributed by atoms with E-state index in [0.717, 1.165) is 42.9 Å². The second-order valence-corrected chi connectivity index (χ2v) is 8.76. The molecule has 1 saturated heterocycles. The van der Waals surface area contributed by atoms with Gasteiger partial charge >= 0.3 is 0 Å². The average Bonchev–Trinajstić information content (AvgIpc) is 3.18. The predicted octanol–water partition coefficient (Wildman–Crippen LogP) is 4.30. The molecule has 0 saturated carbocycles. The fourth-order valence-corrected chi connectivity index (χ4v) is 3.10. The Morgan fingerprint density at radius 3 is 2.72 bits per heavy atom. The molecule has 29 heavy (non-hydrogen) atoms. The molecule has 1 heterocycles. The van der Waals surface area contributed by atoms with E-state index >= 15 is 0 Å². The SMILES string of the molecule is CN=C(NCc1cccc(NC(=O)C2CCCO2)c1)NC(C)CCC(C)(C)C.I. The average molecular weight is 516 g/mol. The molecule has 0 radical (unpaired) electrons. The highest BCUT2D eigenvalue weighted by molar-refractivity contribution is 14.0. The molecule has 1 aliphatic rings. The molecule has 2 unspecified atom stereocenters. The van der Waals surface area contributed by atoms with Crippen LogP contribution in [0.25, 0.3) is 0 Å². The summed E-state index contributed by atoms with van der Waals surface area (Å²) in [6, 6.07) is 8.21. The van der Waals surface area contributed by atoms with Gasteiger partial charge in [-0.15, -0.1) is 24.0 Å². The van der Waals surface area contributed by atoms with E-state index in [9.17, 15) is 4.79 Å². The van der Waals surface area contributed by atoms with Crippen molar-refractivity contribution >= 4 is 41.5 Å². The zero-order valence-electron chi connectivity index (χ0n) is 18.4. The van der Waals surface area contributed by atoms with E-state index in [-0.39, 0.29) is 36.0 Å². The second kappa shape index (κ2) is 12.4. The largest absolute Gasteiger partial charge is 0.368 e. The van der Waals surface area contributed by atoms with Gasteiger partial charge < -0.3 is 20.7 Å². The van der Waals surface area contributed by atoms with Crippen LogP contribution in [0.1, 0.15) is 58.9 Å². The lowest BCUT2D eigenvalue weighted by molar-refractivity contribution is -0.124. The van der Waals surface area contributed by atoms with Crippen LogP contribution in [-0.2, 0) is 16.1 Å². The van der Waals surface area contributed by atoms with Crippen molar-refractivity contribution in [3.63, 3.8) is 0 Å². The Kier molecular flexibility index (Phi) is 11.0. The van der Waals surface area contributed by atoms with Crippen LogP contribution in [0, 0.1) is 5.41 Å². The summed E-state index contributed by atoms with van der Waals surface area (Å²) in [7, 11) is 1.78. The second-order valence-electron chi connectivity index (χ2n) is 8.76. The van der Waals surface area contributed by atoms with E-state index in [0.29, 0.717) is 24.6 Å². The lowest BCUT2D eigenvalue weighted by atomic mass is 9.89. The van der Waals surface area contributed by atoms with E-state index in [2.05, 4.69) is 48.6 Å². The first-order chi connectivity index (χ1) is 13.3. The van der Waals surface area contributed by atoms with Crippen LogP contribution in [-0.4, -0.2) is 37.7 Å². The molecule has 1 aromatic carbocycles. The van der Waals surface area contributed by atoms with Crippen molar-refractivity contribution in [1.29, 1.82) is 0 Å². The van der Waals surface area contributed by atoms with Crippen LogP contribution in [0.4, 0.5) is 5.69 Å². The van der Waals surface area contributed by atoms with Gasteiger partial charge in [-0.1, -0.05) is 32.9 Å². The van der Waals surface area contributed by atoms with Gasteiger partial charge in [0.05, 0.1) is 0 Å². The third-order valence-electron chi connectivity index (χ3n) is 4.81. The molecule has 2 atom stereocenters. The normalized spacial score (nSPS) is 18.0. The van der Waals surface area contributed by atoms with Crippen molar-refractivity contribution < 1.29 is 9.53 Å². The molecule has 7 heteroatoms. The van der Waals surface area contributed by atoms with E-state index in [1.165, 1.54) is 0 Å². The van der Waals surface area contributed by atoms with E-state index in [4.69, 9.17) is 4.74 Å². The van der Waals surface area contributed by atoms with Crippen LogP contribution in [0.2, 0.25) is 0 Å². The fourth-order valence-electron chi connectivity index (χ4n) is 3.10. The third-order valence-corrected chi connectivity index (χ3v) is 4.81. The summed E-state index contributed by atoms with van der Waals surface area (Å²) in [6.07, 6.45) is 3.67. The van der Waals surface area contributed by atoms with E-state index < -0.39 is 0 Å². The minimum atomic E-state index is -0.320. The van der Waals surface area contributed by atoms with Crippen LogP contribution in [0.15, 0.2) is 29.3 Å². The topological polar surface area (TPSA) is 74.8 Å². The summed E-state index contributed by atoms with van der Waals surface area (Å²) in [5, 5.41) is 9.75. The van der Waals surface area contributed by atoms with Crippen molar-refractivity contribution in [3.05, 3.63) is 29.8 Å². The number of guanidine groups is 1. The molecule has 6 nitrogen and oxygen atoms in total. The Hall–Kier alpha value is -1.35. The first-order valence-electron chi connectivity index (χ1n) is 10.3. The van der Waals surface area contributed by atoms with Crippen LogP contribution < -0.4 is 16.0 Å². The van der Waals surface area contributed by atoms with Gasteiger partial charge in [-0.05, 0) is 55.7 Å². The quantitative estimate of drug-likeness (QED) is 0.287. The van der Waals surface area contributed by atoms with Crippen molar-refractivity contribution in [2.75, 3.05) is 19.0 Å². The molecular weight excluding hydrogens is 479 g/mol. The molecule has 164 valence electrons. The number of amides is 1. The number of hydrogen-bond acceptors (Lipinski definition) is 3. The molecule has 0 bridgehead atoms. The van der Waals surface area contributed by atoms with Gasteiger partial charge in [-0.3, -0.25) is 9.79 Å². The van der Waals surface area contributed by atoms with Crippen molar-refractivity contribution in [3.8, 4) is 0 Å². The van der Waals surface area contributed by atoms with Gasteiger partial charge in [0.15, 0.2) is 5.96 Å². The molecule has 1 aliphatic heterocycles. The van der Waals surface area contributed by atoms with Gasteiger partial charge in [0.1, 0.15) is 6.10 Å². The molecule has 2 rings (SSSR count). The number of nitrogens with zero attached hydrogens (tertiary/aromatic N) is 1. The predicted molar refractivity (Wildman–Crippen MR) is 131 cm³/mol. The number of carbonyl (C=O) groups excluding carboxylic acids is 1. The summed E-state index contributed by atoms with van der Waals surface area (Å²) in [5.41, 5.74) is 2.21. The molecule has 1 fully saturated rings. The smallest absolute Gasteiger partial charge is 0.253 e. The van der Waals surface area contributed by atoms with E-state index in [1.54, 1.807) is 7.05 Å². The standard InChI is InChI=1S/C22H36N4O2.HI/c1-16(11-12-22(2,3)4)25-21(23-5)24-15-17-8-6-9-18(14-17)26-20(27)19-10-7-13-28-19;/h6,8-9,14,16,19H,7,10-13,15H2,1-5H3,(H,26,27)(H2,23,24,25);1H. The van der Waals surface area contributed by atoms with E-state index in [1.807, 2.05) is 24.3 Å². The first-order valence-corrected chi connectivity index (χ1v) is 10.3. The number of hydrogen-bond donors (Lipinski definition) is 3. The van der Waals surface area contributed by atoms with Gasteiger partial charge in [0, 0.05) is 31.9 Å². The number of rotatable bonds is 7. The van der Waals surface area contributed by atoms with Crippen molar-refractivity contribution in [2.24, 2.45) is 10.4 Å². The summed E-state index contributed by atoms with van der Waals surface area (Å²) in [6.45, 7) is 10.3. The molecular formula is C22H37IN4O2. The maximum atomic E-state index is 12.2. The maximum absolute atomic E-state index is 12.2. The fraction of sp³-hybridized carbons (Fsp3) is 0.636. The zero-order valence-corrected chi connectivity index (χ0v) is 20.7. The highest BCUT2D eigenvalue weighted by atomic mass is 127. The third kappa shape index (κ3) is 9.80. The molecule has 0 aromatic heterocycles. The van der Waals surface area contributed by atoms with Gasteiger partial charge in [-0.2, -0.15) is 0 Å². The molecule has 3 N–H and O–H groups in total. The molecule has 1 aromatic rings. The zero-order chi connectivity index (χ0) is 20.6. The van der Waals surface area contributed by atoms with Crippen LogP contribution in [0.3, 0.4) is 0 Å². The molecule has 0 spiro atoms. The number of aliphatic imine (C=N–C) groups is 1. The number of ether oxygens (including phenoxy) is 1. The Balaban J connectivity index is 0.00000420. The Labute approximate surface area is 192 Å². The molecule has 1 amide bonds. The van der Waals surface area contributed by atoms with Crippen LogP contribution >= 0.6 is 24.0 Å². The first kappa shape index (κ1) is 25.7. The summed E-state index contributed by atoms with van der Waals surface area (Å²) in [5.74, 6) is 0.725. The summed E-state index contributed by atoms with van der Waals surface area (Å²) >= 11 is 0. The van der Waals surface area contributed by atoms with Crippen LogP contribution in [0.5, 0.6) is 0 Å². The lowest BCUT2D eigenvalue weighted by Crippen LogP contribution is -2.42. The van der Waals surface area contributed by atoms with Gasteiger partial charge in [-0.25, -0.2) is 0 Å². The number of halogens is 1. The highest BCUT2D eigenvalue weighted by Gasteiger charge is 2.23. The molecule has 0 aliphatic carbocycles. The summed E-state index contributed by atoms with van der Waals surface area (Å²) < 4.78 is 5.44. The Morgan fingerprint density at radius 2 is 2.10 bits per heavy atom. The monoisotopic (exact) mass is 516 g/mol. The minimum Gasteiger partial charge on any atom is -0.368 e. The Bertz CT molecular complexity index is 667.